The Bertz CT molecular complexity index is 586. The highest BCUT2D eigenvalue weighted by molar-refractivity contribution is 6.39. The van der Waals surface area contributed by atoms with Crippen LogP contribution in [-0.2, 0) is 9.59 Å². The number of hydrogen-bond donors (Lipinski definition) is 2. The minimum Gasteiger partial charge on any atom is -0.348 e. The maximum atomic E-state index is 13.1. The zero-order valence-corrected chi connectivity index (χ0v) is 12.3. The molecule has 112 valence electrons. The number of anilines is 1. The van der Waals surface area contributed by atoms with Gasteiger partial charge in [0, 0.05) is 12.2 Å². The van der Waals surface area contributed by atoms with Gasteiger partial charge in [-0.15, -0.1) is 0 Å². The Morgan fingerprint density at radius 1 is 1.29 bits per heavy atom. The quantitative estimate of drug-likeness (QED) is 0.837. The third-order valence-electron chi connectivity index (χ3n) is 2.71. The fourth-order valence-electron chi connectivity index (χ4n) is 1.51. The minimum atomic E-state index is -0.848. The van der Waals surface area contributed by atoms with Crippen LogP contribution in [0.25, 0.3) is 0 Å². The number of rotatable bonds is 3. The van der Waals surface area contributed by atoms with E-state index in [1.807, 2.05) is 20.8 Å². The van der Waals surface area contributed by atoms with E-state index in [9.17, 15) is 14.0 Å². The second-order valence-corrected chi connectivity index (χ2v) is 5.83. The molecule has 0 bridgehead atoms. The topological polar surface area (TPSA) is 82.0 Å². The lowest BCUT2D eigenvalue weighted by Crippen LogP contribution is -2.36. The summed E-state index contributed by atoms with van der Waals surface area (Å²) in [4.78, 5) is 23.2. The van der Waals surface area contributed by atoms with Gasteiger partial charge < -0.3 is 10.6 Å². The predicted octanol–water partition coefficient (Wildman–Crippen LogP) is 2.19. The van der Waals surface area contributed by atoms with Crippen molar-refractivity contribution in [2.45, 2.75) is 27.2 Å². The summed E-state index contributed by atoms with van der Waals surface area (Å²) in [7, 11) is 0. The summed E-state index contributed by atoms with van der Waals surface area (Å²) in [6.07, 6.45) is 0.737. The molecule has 0 aliphatic rings. The molecule has 0 aromatic heterocycles. The first-order valence-corrected chi connectivity index (χ1v) is 6.52. The molecular weight excluding hydrogens is 273 g/mol. The first-order chi connectivity index (χ1) is 9.73. The molecule has 0 radical (unpaired) electrons. The molecule has 0 fully saturated rings. The fraction of sp³-hybridized carbons (Fsp3) is 0.400. The molecule has 21 heavy (non-hydrogen) atoms. The Balaban J connectivity index is 2.57. The first kappa shape index (κ1) is 16.6. The highest BCUT2D eigenvalue weighted by Crippen LogP contribution is 2.17. The highest BCUT2D eigenvalue weighted by atomic mass is 19.1. The van der Waals surface area contributed by atoms with E-state index < -0.39 is 17.6 Å². The number of amides is 2. The second-order valence-electron chi connectivity index (χ2n) is 5.83. The second kappa shape index (κ2) is 6.84. The third kappa shape index (κ3) is 5.61. The Hall–Kier alpha value is -2.42. The summed E-state index contributed by atoms with van der Waals surface area (Å²) in [6, 6.07) is 5.19. The molecule has 0 aliphatic carbocycles. The third-order valence-corrected chi connectivity index (χ3v) is 2.71. The maximum absolute atomic E-state index is 13.1. The number of nitriles is 1. The summed E-state index contributed by atoms with van der Waals surface area (Å²) in [5.74, 6) is -2.29. The predicted molar refractivity (Wildman–Crippen MR) is 76.8 cm³/mol. The average molecular weight is 291 g/mol. The molecule has 0 heterocycles. The number of nitrogens with zero attached hydrogens (tertiary/aromatic N) is 1. The normalized spacial score (nSPS) is 10.6. The number of nitrogens with one attached hydrogen (secondary N) is 2. The molecule has 5 nitrogen and oxygen atoms in total. The molecule has 1 aromatic rings. The lowest BCUT2D eigenvalue weighted by atomic mass is 9.92. The molecular formula is C15H18FN3O2. The van der Waals surface area contributed by atoms with E-state index in [-0.39, 0.29) is 16.7 Å². The molecule has 2 N–H and O–H groups in total. The monoisotopic (exact) mass is 291 g/mol. The molecule has 0 saturated heterocycles. The molecule has 0 spiro atoms. The van der Waals surface area contributed by atoms with Gasteiger partial charge in [0.25, 0.3) is 0 Å². The average Bonchev–Trinajstić information content (AvgIpc) is 2.39. The van der Waals surface area contributed by atoms with Gasteiger partial charge in [-0.2, -0.15) is 5.26 Å². The van der Waals surface area contributed by atoms with Crippen LogP contribution in [0.4, 0.5) is 10.1 Å². The van der Waals surface area contributed by atoms with E-state index >= 15 is 0 Å². The molecule has 0 saturated carbocycles. The van der Waals surface area contributed by atoms with Gasteiger partial charge >= 0.3 is 11.8 Å². The van der Waals surface area contributed by atoms with Gasteiger partial charge in [0.15, 0.2) is 0 Å². The number of carbonyl (C=O) groups excluding carboxylic acids is 2. The molecule has 1 aromatic carbocycles. The van der Waals surface area contributed by atoms with Gasteiger partial charge in [0.05, 0.1) is 5.56 Å². The van der Waals surface area contributed by atoms with E-state index in [0.29, 0.717) is 6.54 Å². The van der Waals surface area contributed by atoms with Crippen LogP contribution in [0, 0.1) is 22.6 Å². The molecule has 1 rings (SSSR count). The Kier molecular flexibility index (Phi) is 5.42. The molecule has 0 unspecified atom stereocenters. The van der Waals surface area contributed by atoms with Crippen LogP contribution in [0.5, 0.6) is 0 Å². The molecule has 6 heteroatoms. The van der Waals surface area contributed by atoms with Crippen LogP contribution in [0.15, 0.2) is 18.2 Å². The summed E-state index contributed by atoms with van der Waals surface area (Å²) >= 11 is 0. The van der Waals surface area contributed by atoms with Crippen LogP contribution < -0.4 is 10.6 Å². The van der Waals surface area contributed by atoms with Crippen molar-refractivity contribution in [3.8, 4) is 6.07 Å². The van der Waals surface area contributed by atoms with Crippen molar-refractivity contribution >= 4 is 17.5 Å². The SMILES string of the molecule is CC(C)(C)CCNC(=O)C(=O)Nc1ccc(F)c(C#N)c1. The van der Waals surface area contributed by atoms with E-state index in [1.54, 1.807) is 6.07 Å². The summed E-state index contributed by atoms with van der Waals surface area (Å²) < 4.78 is 13.1. The van der Waals surface area contributed by atoms with Gasteiger partial charge in [-0.3, -0.25) is 9.59 Å². The van der Waals surface area contributed by atoms with Crippen molar-refractivity contribution < 1.29 is 14.0 Å². The highest BCUT2D eigenvalue weighted by Gasteiger charge is 2.16. The van der Waals surface area contributed by atoms with Crippen LogP contribution in [-0.4, -0.2) is 18.4 Å². The molecule has 2 amide bonds. The van der Waals surface area contributed by atoms with Crippen LogP contribution >= 0.6 is 0 Å². The molecule has 0 atom stereocenters. The molecule has 0 aliphatic heterocycles. The number of carbonyl (C=O) groups is 2. The largest absolute Gasteiger partial charge is 0.348 e. The van der Waals surface area contributed by atoms with Gasteiger partial charge in [-0.1, -0.05) is 20.8 Å². The lowest BCUT2D eigenvalue weighted by Gasteiger charge is -2.17. The van der Waals surface area contributed by atoms with Crippen molar-refractivity contribution in [3.63, 3.8) is 0 Å². The van der Waals surface area contributed by atoms with E-state index in [2.05, 4.69) is 10.6 Å². The lowest BCUT2D eigenvalue weighted by molar-refractivity contribution is -0.136. The minimum absolute atomic E-state index is 0.0579. The Morgan fingerprint density at radius 2 is 1.95 bits per heavy atom. The zero-order chi connectivity index (χ0) is 16.0. The summed E-state index contributed by atoms with van der Waals surface area (Å²) in [5, 5.41) is 13.5. The summed E-state index contributed by atoms with van der Waals surface area (Å²) in [6.45, 7) is 6.48. The van der Waals surface area contributed by atoms with Crippen molar-refractivity contribution in [2.75, 3.05) is 11.9 Å². The van der Waals surface area contributed by atoms with Crippen LogP contribution in [0.3, 0.4) is 0 Å². The van der Waals surface area contributed by atoms with Gasteiger partial charge in [0.2, 0.25) is 0 Å². The summed E-state index contributed by atoms with van der Waals surface area (Å²) in [5.41, 5.74) is 0.0624. The van der Waals surface area contributed by atoms with Gasteiger partial charge in [0.1, 0.15) is 11.9 Å². The Morgan fingerprint density at radius 3 is 2.52 bits per heavy atom. The number of benzene rings is 1. The maximum Gasteiger partial charge on any atom is 0.313 e. The van der Waals surface area contributed by atoms with E-state index in [4.69, 9.17) is 5.26 Å². The van der Waals surface area contributed by atoms with Crippen molar-refractivity contribution in [3.05, 3.63) is 29.6 Å². The Labute approximate surface area is 123 Å². The first-order valence-electron chi connectivity index (χ1n) is 6.52. The zero-order valence-electron chi connectivity index (χ0n) is 12.3. The van der Waals surface area contributed by atoms with Crippen molar-refractivity contribution in [1.82, 2.24) is 5.32 Å². The van der Waals surface area contributed by atoms with Crippen LogP contribution in [0.2, 0.25) is 0 Å². The van der Waals surface area contributed by atoms with Gasteiger partial charge in [-0.25, -0.2) is 4.39 Å². The van der Waals surface area contributed by atoms with E-state index in [0.717, 1.165) is 12.5 Å². The number of halogens is 1. The smallest absolute Gasteiger partial charge is 0.313 e. The fourth-order valence-corrected chi connectivity index (χ4v) is 1.51. The number of hydrogen-bond acceptors (Lipinski definition) is 3. The van der Waals surface area contributed by atoms with Gasteiger partial charge in [-0.05, 0) is 30.0 Å². The van der Waals surface area contributed by atoms with Crippen molar-refractivity contribution in [1.29, 1.82) is 5.26 Å². The van der Waals surface area contributed by atoms with Crippen molar-refractivity contribution in [2.24, 2.45) is 5.41 Å². The van der Waals surface area contributed by atoms with Crippen LogP contribution in [0.1, 0.15) is 32.8 Å². The standard InChI is InChI=1S/C15H18FN3O2/c1-15(2,3)6-7-18-13(20)14(21)19-11-4-5-12(16)10(8-11)9-17/h4-5,8H,6-7H2,1-3H3,(H,18,20)(H,19,21). The van der Waals surface area contributed by atoms with E-state index in [1.165, 1.54) is 12.1 Å².